The Morgan fingerprint density at radius 3 is 2.76 bits per heavy atom. The standard InChI is InChI=1S/C13H20BrN3/c1-9-2-4-10(5-3-9)7-16-13-12(14)6-11(15)8-17-13/h6,8-10H,2-5,7,15H2,1H3,(H,16,17). The van der Waals surface area contributed by atoms with E-state index in [-0.39, 0.29) is 0 Å². The average Bonchev–Trinajstić information content (AvgIpc) is 2.30. The number of nitrogen functional groups attached to an aromatic ring is 1. The first-order valence-electron chi connectivity index (χ1n) is 6.30. The van der Waals surface area contributed by atoms with E-state index in [1.807, 2.05) is 6.07 Å². The molecule has 1 saturated carbocycles. The number of halogens is 1. The van der Waals surface area contributed by atoms with Crippen molar-refractivity contribution in [2.45, 2.75) is 32.6 Å². The molecule has 2 rings (SSSR count). The molecule has 0 atom stereocenters. The predicted molar refractivity (Wildman–Crippen MR) is 76.0 cm³/mol. The van der Waals surface area contributed by atoms with Gasteiger partial charge >= 0.3 is 0 Å². The monoisotopic (exact) mass is 297 g/mol. The lowest BCUT2D eigenvalue weighted by atomic mass is 9.83. The molecule has 17 heavy (non-hydrogen) atoms. The summed E-state index contributed by atoms with van der Waals surface area (Å²) in [6, 6.07) is 1.89. The molecule has 1 aliphatic carbocycles. The lowest BCUT2D eigenvalue weighted by molar-refractivity contribution is 0.300. The van der Waals surface area contributed by atoms with E-state index in [0.717, 1.165) is 28.7 Å². The molecule has 0 unspecified atom stereocenters. The molecule has 1 aliphatic rings. The van der Waals surface area contributed by atoms with Crippen molar-refractivity contribution in [3.63, 3.8) is 0 Å². The van der Waals surface area contributed by atoms with Crippen LogP contribution in [0.4, 0.5) is 11.5 Å². The van der Waals surface area contributed by atoms with Crippen molar-refractivity contribution in [1.29, 1.82) is 0 Å². The Hall–Kier alpha value is -0.770. The third-order valence-corrected chi connectivity index (χ3v) is 4.16. The lowest BCUT2D eigenvalue weighted by Gasteiger charge is -2.26. The first-order valence-corrected chi connectivity index (χ1v) is 7.09. The van der Waals surface area contributed by atoms with Gasteiger partial charge in [-0.1, -0.05) is 19.8 Å². The quantitative estimate of drug-likeness (QED) is 0.895. The van der Waals surface area contributed by atoms with Crippen molar-refractivity contribution >= 4 is 27.4 Å². The molecule has 0 saturated heterocycles. The molecule has 1 heterocycles. The van der Waals surface area contributed by atoms with Crippen molar-refractivity contribution in [2.24, 2.45) is 11.8 Å². The number of nitrogens with zero attached hydrogens (tertiary/aromatic N) is 1. The van der Waals surface area contributed by atoms with Crippen LogP contribution in [0, 0.1) is 11.8 Å². The maximum Gasteiger partial charge on any atom is 0.140 e. The van der Waals surface area contributed by atoms with Crippen LogP contribution in [-0.4, -0.2) is 11.5 Å². The van der Waals surface area contributed by atoms with Crippen molar-refractivity contribution < 1.29 is 0 Å². The Kier molecular flexibility index (Phi) is 4.26. The first-order chi connectivity index (χ1) is 8.15. The number of hydrogen-bond acceptors (Lipinski definition) is 3. The Balaban J connectivity index is 1.85. The normalized spacial score (nSPS) is 24.6. The number of rotatable bonds is 3. The summed E-state index contributed by atoms with van der Waals surface area (Å²) < 4.78 is 0.946. The van der Waals surface area contributed by atoms with Crippen LogP contribution in [0.3, 0.4) is 0 Å². The molecule has 0 spiro atoms. The first kappa shape index (κ1) is 12.7. The molecule has 0 aliphatic heterocycles. The van der Waals surface area contributed by atoms with Crippen LogP contribution in [0.2, 0.25) is 0 Å². The van der Waals surface area contributed by atoms with E-state index in [1.54, 1.807) is 6.20 Å². The molecule has 0 amide bonds. The van der Waals surface area contributed by atoms with E-state index in [2.05, 4.69) is 33.2 Å². The Bertz CT molecular complexity index is 373. The van der Waals surface area contributed by atoms with Gasteiger partial charge in [-0.05, 0) is 46.7 Å². The average molecular weight is 298 g/mol. The minimum Gasteiger partial charge on any atom is -0.397 e. The van der Waals surface area contributed by atoms with Gasteiger partial charge in [0.05, 0.1) is 16.4 Å². The van der Waals surface area contributed by atoms with Gasteiger partial charge < -0.3 is 11.1 Å². The number of hydrogen-bond donors (Lipinski definition) is 2. The second-order valence-corrected chi connectivity index (χ2v) is 5.96. The fraction of sp³-hybridized carbons (Fsp3) is 0.615. The van der Waals surface area contributed by atoms with Gasteiger partial charge in [-0.15, -0.1) is 0 Å². The smallest absolute Gasteiger partial charge is 0.140 e. The highest BCUT2D eigenvalue weighted by atomic mass is 79.9. The van der Waals surface area contributed by atoms with Gasteiger partial charge in [0.2, 0.25) is 0 Å². The van der Waals surface area contributed by atoms with Crippen LogP contribution < -0.4 is 11.1 Å². The Morgan fingerprint density at radius 2 is 2.12 bits per heavy atom. The van der Waals surface area contributed by atoms with Crippen molar-refractivity contribution in [3.05, 3.63) is 16.7 Å². The zero-order valence-electron chi connectivity index (χ0n) is 10.2. The third kappa shape index (κ3) is 3.60. The molecular weight excluding hydrogens is 278 g/mol. The minimum atomic E-state index is 0.689. The van der Waals surface area contributed by atoms with Crippen LogP contribution in [0.5, 0.6) is 0 Å². The van der Waals surface area contributed by atoms with Crippen molar-refractivity contribution in [2.75, 3.05) is 17.6 Å². The van der Waals surface area contributed by atoms with Gasteiger partial charge in [-0.2, -0.15) is 0 Å². The van der Waals surface area contributed by atoms with Crippen LogP contribution >= 0.6 is 15.9 Å². The number of anilines is 2. The third-order valence-electron chi connectivity index (χ3n) is 3.56. The highest BCUT2D eigenvalue weighted by molar-refractivity contribution is 9.10. The fourth-order valence-electron chi connectivity index (χ4n) is 2.36. The maximum absolute atomic E-state index is 5.66. The van der Waals surface area contributed by atoms with E-state index >= 15 is 0 Å². The molecule has 3 N–H and O–H groups in total. The van der Waals surface area contributed by atoms with Crippen LogP contribution in [-0.2, 0) is 0 Å². The van der Waals surface area contributed by atoms with Crippen molar-refractivity contribution in [1.82, 2.24) is 4.98 Å². The summed E-state index contributed by atoms with van der Waals surface area (Å²) in [7, 11) is 0. The largest absolute Gasteiger partial charge is 0.397 e. The van der Waals surface area contributed by atoms with E-state index in [0.29, 0.717) is 5.69 Å². The molecule has 4 heteroatoms. The summed E-state index contributed by atoms with van der Waals surface area (Å²) >= 11 is 3.48. The zero-order chi connectivity index (χ0) is 12.3. The van der Waals surface area contributed by atoms with Crippen LogP contribution in [0.25, 0.3) is 0 Å². The molecular formula is C13H20BrN3. The van der Waals surface area contributed by atoms with Gasteiger partial charge in [0.25, 0.3) is 0 Å². The van der Waals surface area contributed by atoms with Crippen LogP contribution in [0.1, 0.15) is 32.6 Å². The predicted octanol–water partition coefficient (Wildman–Crippen LogP) is 3.66. The van der Waals surface area contributed by atoms with Gasteiger partial charge in [0.1, 0.15) is 5.82 Å². The summed E-state index contributed by atoms with van der Waals surface area (Å²) in [5.74, 6) is 2.60. The second kappa shape index (κ2) is 5.71. The topological polar surface area (TPSA) is 50.9 Å². The minimum absolute atomic E-state index is 0.689. The lowest BCUT2D eigenvalue weighted by Crippen LogP contribution is -2.20. The van der Waals surface area contributed by atoms with E-state index in [4.69, 9.17) is 5.73 Å². The number of nitrogens with two attached hydrogens (primary N) is 1. The van der Waals surface area contributed by atoms with Gasteiger partial charge in [-0.3, -0.25) is 0 Å². The molecule has 1 aromatic rings. The summed E-state index contributed by atoms with van der Waals surface area (Å²) in [4.78, 5) is 4.29. The van der Waals surface area contributed by atoms with Gasteiger partial charge in [0, 0.05) is 6.54 Å². The van der Waals surface area contributed by atoms with Crippen LogP contribution in [0.15, 0.2) is 16.7 Å². The Labute approximate surface area is 111 Å². The summed E-state index contributed by atoms with van der Waals surface area (Å²) in [5, 5.41) is 3.41. The van der Waals surface area contributed by atoms with E-state index in [1.165, 1.54) is 25.7 Å². The highest BCUT2D eigenvalue weighted by Gasteiger charge is 2.18. The van der Waals surface area contributed by atoms with E-state index < -0.39 is 0 Å². The zero-order valence-corrected chi connectivity index (χ0v) is 11.8. The SMILES string of the molecule is CC1CCC(CNc2ncc(N)cc2Br)CC1. The number of aromatic nitrogens is 1. The van der Waals surface area contributed by atoms with E-state index in [9.17, 15) is 0 Å². The number of nitrogens with one attached hydrogen (secondary N) is 1. The van der Waals surface area contributed by atoms with Gasteiger partial charge in [0.15, 0.2) is 0 Å². The molecule has 3 nitrogen and oxygen atoms in total. The Morgan fingerprint density at radius 1 is 1.41 bits per heavy atom. The van der Waals surface area contributed by atoms with Crippen molar-refractivity contribution in [3.8, 4) is 0 Å². The molecule has 1 fully saturated rings. The summed E-state index contributed by atoms with van der Waals surface area (Å²) in [6.45, 7) is 3.37. The highest BCUT2D eigenvalue weighted by Crippen LogP contribution is 2.29. The molecule has 1 aromatic heterocycles. The number of pyridine rings is 1. The van der Waals surface area contributed by atoms with Gasteiger partial charge in [-0.25, -0.2) is 4.98 Å². The summed E-state index contributed by atoms with van der Waals surface area (Å²) in [6.07, 6.45) is 7.09. The fourth-order valence-corrected chi connectivity index (χ4v) is 2.86. The molecule has 94 valence electrons. The maximum atomic E-state index is 5.66. The molecule has 0 bridgehead atoms. The summed E-state index contributed by atoms with van der Waals surface area (Å²) in [5.41, 5.74) is 6.35. The molecule has 0 radical (unpaired) electrons. The molecule has 0 aromatic carbocycles. The second-order valence-electron chi connectivity index (χ2n) is 5.11.